The van der Waals surface area contributed by atoms with Gasteiger partial charge in [-0.2, -0.15) is 0 Å². The molecule has 1 aliphatic rings. The van der Waals surface area contributed by atoms with E-state index in [-0.39, 0.29) is 11.2 Å². The van der Waals surface area contributed by atoms with Crippen molar-refractivity contribution >= 4 is 5.96 Å². The molecule has 1 aliphatic heterocycles. The maximum atomic E-state index is 13.3. The number of halogens is 1. The summed E-state index contributed by atoms with van der Waals surface area (Å²) < 4.78 is 18.9. The smallest absolute Gasteiger partial charge is 0.191 e. The minimum Gasteiger partial charge on any atom is -0.381 e. The molecule has 0 aromatic heterocycles. The standard InChI is InChI=1S/C22H28FN3O/c1-24-21(25-13-10-18-6-5-9-20(23)16-18)26-17-22(11-14-27-15-12-22)19-7-3-2-4-8-19/h2-9,16H,10-15,17H2,1H3,(H2,24,25,26). The number of rotatable bonds is 6. The number of ether oxygens (including phenoxy) is 1. The van der Waals surface area contributed by atoms with Gasteiger partial charge >= 0.3 is 0 Å². The Balaban J connectivity index is 1.57. The molecule has 2 N–H and O–H groups in total. The van der Waals surface area contributed by atoms with E-state index in [1.165, 1.54) is 11.6 Å². The fourth-order valence-corrected chi connectivity index (χ4v) is 3.61. The first-order chi connectivity index (χ1) is 13.2. The summed E-state index contributed by atoms with van der Waals surface area (Å²) in [5.41, 5.74) is 2.37. The summed E-state index contributed by atoms with van der Waals surface area (Å²) in [6, 6.07) is 17.4. The van der Waals surface area contributed by atoms with E-state index in [1.54, 1.807) is 19.2 Å². The largest absolute Gasteiger partial charge is 0.381 e. The Kier molecular flexibility index (Phi) is 6.82. The van der Waals surface area contributed by atoms with Crippen LogP contribution in [0.4, 0.5) is 4.39 Å². The molecule has 0 amide bonds. The van der Waals surface area contributed by atoms with Gasteiger partial charge in [0.25, 0.3) is 0 Å². The molecule has 144 valence electrons. The van der Waals surface area contributed by atoms with Gasteiger partial charge in [-0.25, -0.2) is 4.39 Å². The minimum absolute atomic E-state index is 0.0552. The summed E-state index contributed by atoms with van der Waals surface area (Å²) in [5.74, 6) is 0.576. The van der Waals surface area contributed by atoms with Crippen molar-refractivity contribution < 1.29 is 9.13 Å². The van der Waals surface area contributed by atoms with Crippen molar-refractivity contribution in [2.24, 2.45) is 4.99 Å². The average Bonchev–Trinajstić information content (AvgIpc) is 2.72. The monoisotopic (exact) mass is 369 g/mol. The predicted octanol–water partition coefficient (Wildman–Crippen LogP) is 3.28. The fourth-order valence-electron chi connectivity index (χ4n) is 3.61. The van der Waals surface area contributed by atoms with Crippen LogP contribution in [0.2, 0.25) is 0 Å². The van der Waals surface area contributed by atoms with Gasteiger partial charge in [-0.1, -0.05) is 42.5 Å². The molecular formula is C22H28FN3O. The highest BCUT2D eigenvalue weighted by molar-refractivity contribution is 5.79. The molecule has 2 aromatic rings. The second-order valence-corrected chi connectivity index (χ2v) is 6.99. The van der Waals surface area contributed by atoms with E-state index in [2.05, 4.69) is 46.0 Å². The molecule has 0 spiro atoms. The van der Waals surface area contributed by atoms with Crippen LogP contribution in [0.5, 0.6) is 0 Å². The molecule has 27 heavy (non-hydrogen) atoms. The van der Waals surface area contributed by atoms with Gasteiger partial charge in [-0.3, -0.25) is 4.99 Å². The molecule has 3 rings (SSSR count). The molecule has 1 saturated heterocycles. The van der Waals surface area contributed by atoms with Crippen LogP contribution in [-0.2, 0) is 16.6 Å². The third-order valence-corrected chi connectivity index (χ3v) is 5.25. The molecule has 2 aromatic carbocycles. The lowest BCUT2D eigenvalue weighted by molar-refractivity contribution is 0.0514. The van der Waals surface area contributed by atoms with E-state index in [0.717, 1.165) is 50.5 Å². The van der Waals surface area contributed by atoms with Crippen LogP contribution < -0.4 is 10.6 Å². The van der Waals surface area contributed by atoms with Crippen molar-refractivity contribution in [1.82, 2.24) is 10.6 Å². The van der Waals surface area contributed by atoms with Crippen molar-refractivity contribution in [3.63, 3.8) is 0 Å². The summed E-state index contributed by atoms with van der Waals surface area (Å²) in [7, 11) is 1.77. The highest BCUT2D eigenvalue weighted by Gasteiger charge is 2.34. The van der Waals surface area contributed by atoms with Gasteiger partial charge in [-0.05, 0) is 42.5 Å². The van der Waals surface area contributed by atoms with E-state index in [9.17, 15) is 4.39 Å². The van der Waals surface area contributed by atoms with Crippen LogP contribution in [0.3, 0.4) is 0 Å². The van der Waals surface area contributed by atoms with Gasteiger partial charge in [0.15, 0.2) is 5.96 Å². The lowest BCUT2D eigenvalue weighted by atomic mass is 9.74. The van der Waals surface area contributed by atoms with E-state index in [0.29, 0.717) is 6.54 Å². The average molecular weight is 369 g/mol. The quantitative estimate of drug-likeness (QED) is 0.607. The van der Waals surface area contributed by atoms with Crippen LogP contribution in [0.25, 0.3) is 0 Å². The first-order valence-electron chi connectivity index (χ1n) is 9.54. The molecular weight excluding hydrogens is 341 g/mol. The lowest BCUT2D eigenvalue weighted by Gasteiger charge is -2.38. The van der Waals surface area contributed by atoms with E-state index in [4.69, 9.17) is 4.74 Å². The Morgan fingerprint density at radius 1 is 1.07 bits per heavy atom. The van der Waals surface area contributed by atoms with Crippen LogP contribution in [0.1, 0.15) is 24.0 Å². The van der Waals surface area contributed by atoms with Crippen molar-refractivity contribution in [3.05, 3.63) is 71.5 Å². The Hall–Kier alpha value is -2.40. The molecule has 1 fully saturated rings. The number of hydrogen-bond donors (Lipinski definition) is 2. The second kappa shape index (κ2) is 9.51. The number of hydrogen-bond acceptors (Lipinski definition) is 2. The highest BCUT2D eigenvalue weighted by atomic mass is 19.1. The molecule has 0 saturated carbocycles. The Morgan fingerprint density at radius 3 is 2.56 bits per heavy atom. The summed E-state index contributed by atoms with van der Waals surface area (Å²) in [6.07, 6.45) is 2.73. The fraction of sp³-hybridized carbons (Fsp3) is 0.409. The number of guanidine groups is 1. The molecule has 1 heterocycles. The summed E-state index contributed by atoms with van der Waals surface area (Å²) in [5, 5.41) is 6.82. The van der Waals surface area contributed by atoms with Crippen LogP contribution >= 0.6 is 0 Å². The maximum absolute atomic E-state index is 13.3. The zero-order valence-corrected chi connectivity index (χ0v) is 15.9. The summed E-state index contributed by atoms with van der Waals surface area (Å²) >= 11 is 0. The van der Waals surface area contributed by atoms with Crippen molar-refractivity contribution in [3.8, 4) is 0 Å². The molecule has 4 nitrogen and oxygen atoms in total. The van der Waals surface area contributed by atoms with Crippen molar-refractivity contribution in [1.29, 1.82) is 0 Å². The van der Waals surface area contributed by atoms with Gasteiger partial charge in [0.2, 0.25) is 0 Å². The Morgan fingerprint density at radius 2 is 1.85 bits per heavy atom. The Labute approximate surface area is 160 Å². The topological polar surface area (TPSA) is 45.7 Å². The number of aliphatic imine (C=N–C) groups is 1. The normalized spacial score (nSPS) is 16.7. The van der Waals surface area contributed by atoms with Gasteiger partial charge in [-0.15, -0.1) is 0 Å². The molecule has 5 heteroatoms. The Bertz CT molecular complexity index is 742. The molecule has 0 radical (unpaired) electrons. The zero-order chi connectivity index (χ0) is 19.0. The van der Waals surface area contributed by atoms with E-state index < -0.39 is 0 Å². The van der Waals surface area contributed by atoms with Gasteiger partial charge < -0.3 is 15.4 Å². The van der Waals surface area contributed by atoms with Crippen molar-refractivity contribution in [2.75, 3.05) is 33.4 Å². The summed E-state index contributed by atoms with van der Waals surface area (Å²) in [4.78, 5) is 4.34. The number of nitrogens with zero attached hydrogens (tertiary/aromatic N) is 1. The van der Waals surface area contributed by atoms with Crippen LogP contribution in [0, 0.1) is 5.82 Å². The molecule has 0 bridgehead atoms. The number of nitrogens with one attached hydrogen (secondary N) is 2. The first kappa shape index (κ1) is 19.4. The second-order valence-electron chi connectivity index (χ2n) is 6.99. The zero-order valence-electron chi connectivity index (χ0n) is 15.9. The first-order valence-corrected chi connectivity index (χ1v) is 9.54. The van der Waals surface area contributed by atoms with E-state index in [1.807, 2.05) is 6.07 Å². The van der Waals surface area contributed by atoms with Gasteiger partial charge in [0.1, 0.15) is 5.82 Å². The highest BCUT2D eigenvalue weighted by Crippen LogP contribution is 2.34. The maximum Gasteiger partial charge on any atom is 0.191 e. The van der Waals surface area contributed by atoms with Crippen molar-refractivity contribution in [2.45, 2.75) is 24.7 Å². The van der Waals surface area contributed by atoms with Crippen LogP contribution in [-0.4, -0.2) is 39.3 Å². The predicted molar refractivity (Wildman–Crippen MR) is 108 cm³/mol. The molecule has 0 unspecified atom stereocenters. The van der Waals surface area contributed by atoms with E-state index >= 15 is 0 Å². The minimum atomic E-state index is -0.195. The third-order valence-electron chi connectivity index (χ3n) is 5.25. The summed E-state index contributed by atoms with van der Waals surface area (Å²) in [6.45, 7) is 3.06. The third kappa shape index (κ3) is 5.30. The van der Waals surface area contributed by atoms with Gasteiger partial charge in [0.05, 0.1) is 0 Å². The number of benzene rings is 2. The molecule has 0 atom stereocenters. The molecule has 0 aliphatic carbocycles. The SMILES string of the molecule is CN=C(NCCc1cccc(F)c1)NCC1(c2ccccc2)CCOCC1. The lowest BCUT2D eigenvalue weighted by Crippen LogP contribution is -2.48. The van der Waals surface area contributed by atoms with Crippen LogP contribution in [0.15, 0.2) is 59.6 Å². The van der Waals surface area contributed by atoms with Gasteiger partial charge in [0, 0.05) is 38.8 Å².